The molecule has 1 aliphatic carbocycles. The average Bonchev–Trinajstić information content (AvgIpc) is 2.66. The first kappa shape index (κ1) is 11.4. The van der Waals surface area contributed by atoms with Crippen LogP contribution in [0.5, 0.6) is 0 Å². The van der Waals surface area contributed by atoms with E-state index < -0.39 is 0 Å². The van der Waals surface area contributed by atoms with Crippen molar-refractivity contribution >= 4 is 27.3 Å². The van der Waals surface area contributed by atoms with Gasteiger partial charge in [-0.15, -0.1) is 11.3 Å². The molecule has 0 radical (unpaired) electrons. The van der Waals surface area contributed by atoms with E-state index in [0.29, 0.717) is 12.1 Å². The third-order valence-electron chi connectivity index (χ3n) is 2.77. The maximum Gasteiger partial charge on any atom is 0.0388 e. The molecule has 0 aromatic carbocycles. The minimum Gasteiger partial charge on any atom is -0.306 e. The zero-order valence-corrected chi connectivity index (χ0v) is 11.3. The molecule has 1 aromatic heterocycles. The van der Waals surface area contributed by atoms with E-state index in [4.69, 9.17) is 0 Å². The van der Waals surface area contributed by atoms with E-state index >= 15 is 0 Å². The predicted molar refractivity (Wildman–Crippen MR) is 70.3 cm³/mol. The molecule has 0 saturated carbocycles. The van der Waals surface area contributed by atoms with E-state index in [0.717, 1.165) is 0 Å². The van der Waals surface area contributed by atoms with Crippen molar-refractivity contribution in [2.24, 2.45) is 0 Å². The Labute approximate surface area is 104 Å². The smallest absolute Gasteiger partial charge is 0.0388 e. The summed E-state index contributed by atoms with van der Waals surface area (Å²) in [6.07, 6.45) is 8.24. The Bertz CT molecular complexity index is 345. The highest BCUT2D eigenvalue weighted by Crippen LogP contribution is 2.26. The van der Waals surface area contributed by atoms with Gasteiger partial charge in [-0.25, -0.2) is 0 Å². The first-order valence-corrected chi connectivity index (χ1v) is 7.08. The third-order valence-corrected chi connectivity index (χ3v) is 4.65. The lowest BCUT2D eigenvalue weighted by Crippen LogP contribution is -2.31. The summed E-state index contributed by atoms with van der Waals surface area (Å²) in [5, 5.41) is 5.83. The average molecular weight is 286 g/mol. The van der Waals surface area contributed by atoms with Crippen LogP contribution >= 0.6 is 27.3 Å². The van der Waals surface area contributed by atoms with E-state index in [1.807, 2.05) is 11.3 Å². The fourth-order valence-electron chi connectivity index (χ4n) is 1.94. The highest BCUT2D eigenvalue weighted by molar-refractivity contribution is 9.10. The van der Waals surface area contributed by atoms with Gasteiger partial charge in [0.05, 0.1) is 0 Å². The molecular weight excluding hydrogens is 270 g/mol. The normalized spacial score (nSPS) is 22.9. The molecule has 3 heteroatoms. The van der Waals surface area contributed by atoms with Crippen LogP contribution in [-0.4, -0.2) is 6.04 Å². The second kappa shape index (κ2) is 5.28. The fourth-order valence-corrected chi connectivity index (χ4v) is 3.40. The molecule has 2 atom stereocenters. The van der Waals surface area contributed by atoms with E-state index in [9.17, 15) is 0 Å². The highest BCUT2D eigenvalue weighted by atomic mass is 79.9. The number of hydrogen-bond donors (Lipinski definition) is 1. The molecule has 1 aromatic rings. The highest BCUT2D eigenvalue weighted by Gasteiger charge is 2.14. The summed E-state index contributed by atoms with van der Waals surface area (Å²) in [6.45, 7) is 2.25. The van der Waals surface area contributed by atoms with Crippen LogP contribution in [0.3, 0.4) is 0 Å². The van der Waals surface area contributed by atoms with Crippen LogP contribution in [0.25, 0.3) is 0 Å². The van der Waals surface area contributed by atoms with Gasteiger partial charge >= 0.3 is 0 Å². The molecule has 1 nitrogen and oxygen atoms in total. The molecule has 0 fully saturated rings. The van der Waals surface area contributed by atoms with E-state index in [2.05, 4.69) is 51.8 Å². The standard InChI is InChI=1S/C12H16BrNS/c1-9(12-7-10(13)8-15-12)14-11-5-3-2-4-6-11/h2-3,7-9,11,14H,4-6H2,1H3. The SMILES string of the molecule is CC(NC1CC=CCC1)c1cc(Br)cs1. The van der Waals surface area contributed by atoms with Crippen LogP contribution < -0.4 is 5.32 Å². The molecule has 0 bridgehead atoms. The summed E-state index contributed by atoms with van der Waals surface area (Å²) in [7, 11) is 0. The van der Waals surface area contributed by atoms with Crippen molar-refractivity contribution in [3.8, 4) is 0 Å². The Morgan fingerprint density at radius 2 is 2.40 bits per heavy atom. The first-order valence-electron chi connectivity index (χ1n) is 5.40. The molecule has 1 N–H and O–H groups in total. The lowest BCUT2D eigenvalue weighted by Gasteiger charge is -2.23. The fraction of sp³-hybridized carbons (Fsp3) is 0.500. The van der Waals surface area contributed by atoms with Gasteiger partial charge in [0.25, 0.3) is 0 Å². The van der Waals surface area contributed by atoms with Crippen LogP contribution in [0.2, 0.25) is 0 Å². The lowest BCUT2D eigenvalue weighted by molar-refractivity contribution is 0.429. The summed E-state index contributed by atoms with van der Waals surface area (Å²) in [4.78, 5) is 1.41. The minimum absolute atomic E-state index is 0.470. The number of hydrogen-bond acceptors (Lipinski definition) is 2. The zero-order valence-electron chi connectivity index (χ0n) is 8.87. The maximum absolute atomic E-state index is 3.69. The molecule has 0 amide bonds. The number of nitrogens with one attached hydrogen (secondary N) is 1. The van der Waals surface area contributed by atoms with Crippen LogP contribution in [0, 0.1) is 0 Å². The quantitative estimate of drug-likeness (QED) is 0.818. The van der Waals surface area contributed by atoms with Gasteiger partial charge in [-0.05, 0) is 48.2 Å². The van der Waals surface area contributed by atoms with E-state index in [1.165, 1.54) is 28.6 Å². The molecule has 1 aliphatic rings. The molecule has 15 heavy (non-hydrogen) atoms. The number of halogens is 1. The van der Waals surface area contributed by atoms with Crippen LogP contribution in [0.15, 0.2) is 28.1 Å². The summed E-state index contributed by atoms with van der Waals surface area (Å²) in [6, 6.07) is 3.34. The van der Waals surface area contributed by atoms with Crippen molar-refractivity contribution in [2.45, 2.75) is 38.3 Å². The van der Waals surface area contributed by atoms with Crippen molar-refractivity contribution < 1.29 is 0 Å². The van der Waals surface area contributed by atoms with Crippen LogP contribution in [0.4, 0.5) is 0 Å². The number of thiophene rings is 1. The van der Waals surface area contributed by atoms with E-state index in [1.54, 1.807) is 0 Å². The van der Waals surface area contributed by atoms with Crippen molar-refractivity contribution in [1.82, 2.24) is 5.32 Å². The summed E-state index contributed by atoms with van der Waals surface area (Å²) >= 11 is 5.32. The Morgan fingerprint density at radius 1 is 1.53 bits per heavy atom. The molecule has 0 saturated heterocycles. The zero-order chi connectivity index (χ0) is 10.7. The Balaban J connectivity index is 1.91. The van der Waals surface area contributed by atoms with Crippen LogP contribution in [0.1, 0.15) is 37.1 Å². The van der Waals surface area contributed by atoms with Gasteiger partial charge in [0.15, 0.2) is 0 Å². The summed E-state index contributed by atoms with van der Waals surface area (Å²) in [5.41, 5.74) is 0. The van der Waals surface area contributed by atoms with Crippen molar-refractivity contribution in [1.29, 1.82) is 0 Å². The van der Waals surface area contributed by atoms with Gasteiger partial charge in [0, 0.05) is 26.8 Å². The van der Waals surface area contributed by atoms with Gasteiger partial charge in [0.1, 0.15) is 0 Å². The second-order valence-corrected chi connectivity index (χ2v) is 5.90. The third kappa shape index (κ3) is 3.16. The molecule has 0 spiro atoms. The molecule has 1 heterocycles. The number of allylic oxidation sites excluding steroid dienone is 1. The first-order chi connectivity index (χ1) is 7.25. The van der Waals surface area contributed by atoms with Gasteiger partial charge < -0.3 is 5.32 Å². The van der Waals surface area contributed by atoms with Crippen molar-refractivity contribution in [3.63, 3.8) is 0 Å². The second-order valence-electron chi connectivity index (χ2n) is 4.04. The molecule has 0 aliphatic heterocycles. The van der Waals surface area contributed by atoms with Gasteiger partial charge in [-0.1, -0.05) is 12.2 Å². The minimum atomic E-state index is 0.470. The Hall–Kier alpha value is -0.120. The molecular formula is C12H16BrNS. The van der Waals surface area contributed by atoms with Gasteiger partial charge in [-0.3, -0.25) is 0 Å². The number of rotatable bonds is 3. The van der Waals surface area contributed by atoms with Crippen LogP contribution in [-0.2, 0) is 0 Å². The van der Waals surface area contributed by atoms with Crippen molar-refractivity contribution in [3.05, 3.63) is 32.9 Å². The topological polar surface area (TPSA) is 12.0 Å². The Morgan fingerprint density at radius 3 is 3.00 bits per heavy atom. The Kier molecular flexibility index (Phi) is 4.00. The monoisotopic (exact) mass is 285 g/mol. The van der Waals surface area contributed by atoms with Gasteiger partial charge in [-0.2, -0.15) is 0 Å². The summed E-state index contributed by atoms with van der Waals surface area (Å²) < 4.78 is 1.19. The van der Waals surface area contributed by atoms with E-state index in [-0.39, 0.29) is 0 Å². The van der Waals surface area contributed by atoms with Gasteiger partial charge in [0.2, 0.25) is 0 Å². The van der Waals surface area contributed by atoms with Crippen molar-refractivity contribution in [2.75, 3.05) is 0 Å². The molecule has 2 rings (SSSR count). The predicted octanol–water partition coefficient (Wildman–Crippen LogP) is 4.27. The largest absolute Gasteiger partial charge is 0.306 e. The molecule has 82 valence electrons. The maximum atomic E-state index is 3.69. The molecule has 2 unspecified atom stereocenters. The summed E-state index contributed by atoms with van der Waals surface area (Å²) in [5.74, 6) is 0. The lowest BCUT2D eigenvalue weighted by atomic mass is 10.0.